The summed E-state index contributed by atoms with van der Waals surface area (Å²) in [6, 6.07) is 4.90. The smallest absolute Gasteiger partial charge is 0.343 e. The monoisotopic (exact) mass is 366 g/mol. The molecule has 1 saturated carbocycles. The normalized spacial score (nSPS) is 16.0. The number of aromatic carboxylic acids is 1. The minimum absolute atomic E-state index is 0.00196. The standard InChI is InChI=1S/C19H15FN4O3/c20-11-6-13-16(25)15(19(26)27)18(24(12-3-4-12)17(13)22-7-11)23-8-10-2-1-5-21-14(10)9-23/h1-2,5-7,12H,3-4,8-9H2,(H,26,27). The van der Waals surface area contributed by atoms with Gasteiger partial charge in [-0.15, -0.1) is 0 Å². The van der Waals surface area contributed by atoms with E-state index in [1.807, 2.05) is 17.0 Å². The molecule has 0 unspecified atom stereocenters. The molecule has 8 heteroatoms. The summed E-state index contributed by atoms with van der Waals surface area (Å²) in [6.45, 7) is 0.873. The number of hydrogen-bond donors (Lipinski definition) is 1. The van der Waals surface area contributed by atoms with Crippen LogP contribution in [0.15, 0.2) is 35.4 Å². The van der Waals surface area contributed by atoms with Crippen molar-refractivity contribution in [3.05, 3.63) is 63.5 Å². The number of rotatable bonds is 3. The molecule has 1 N–H and O–H groups in total. The fraction of sp³-hybridized carbons (Fsp3) is 0.263. The van der Waals surface area contributed by atoms with E-state index in [-0.39, 0.29) is 17.0 Å². The minimum atomic E-state index is -1.32. The summed E-state index contributed by atoms with van der Waals surface area (Å²) in [5, 5.41) is 9.81. The van der Waals surface area contributed by atoms with Gasteiger partial charge in [-0.2, -0.15) is 0 Å². The molecule has 0 atom stereocenters. The number of pyridine rings is 3. The third kappa shape index (κ3) is 2.40. The molecule has 2 aliphatic rings. The first kappa shape index (κ1) is 15.9. The molecule has 3 aromatic heterocycles. The predicted molar refractivity (Wildman–Crippen MR) is 95.3 cm³/mol. The van der Waals surface area contributed by atoms with Crippen molar-refractivity contribution in [2.45, 2.75) is 32.0 Å². The number of halogens is 1. The lowest BCUT2D eigenvalue weighted by atomic mass is 10.1. The molecule has 7 nitrogen and oxygen atoms in total. The molecule has 1 fully saturated rings. The number of carbonyl (C=O) groups is 1. The van der Waals surface area contributed by atoms with Crippen molar-refractivity contribution < 1.29 is 14.3 Å². The Morgan fingerprint density at radius 1 is 1.26 bits per heavy atom. The van der Waals surface area contributed by atoms with Gasteiger partial charge in [-0.1, -0.05) is 6.07 Å². The first-order valence-electron chi connectivity index (χ1n) is 8.69. The highest BCUT2D eigenvalue weighted by molar-refractivity contribution is 5.98. The lowest BCUT2D eigenvalue weighted by molar-refractivity contribution is 0.0695. The zero-order valence-electron chi connectivity index (χ0n) is 14.2. The number of carboxylic acid groups (broad SMARTS) is 1. The van der Waals surface area contributed by atoms with Gasteiger partial charge in [0.15, 0.2) is 0 Å². The molecule has 0 radical (unpaired) electrons. The lowest BCUT2D eigenvalue weighted by Crippen LogP contribution is -2.29. The summed E-state index contributed by atoms with van der Waals surface area (Å²) in [5.41, 5.74) is 1.13. The van der Waals surface area contributed by atoms with Crippen LogP contribution in [-0.2, 0) is 13.1 Å². The molecule has 4 heterocycles. The second-order valence-corrected chi connectivity index (χ2v) is 6.92. The van der Waals surface area contributed by atoms with Gasteiger partial charge in [-0.25, -0.2) is 14.2 Å². The average Bonchev–Trinajstić information content (AvgIpc) is 3.39. The van der Waals surface area contributed by atoms with Crippen molar-refractivity contribution >= 4 is 22.8 Å². The van der Waals surface area contributed by atoms with Crippen LogP contribution in [0.2, 0.25) is 0 Å². The second-order valence-electron chi connectivity index (χ2n) is 6.92. The van der Waals surface area contributed by atoms with E-state index < -0.39 is 17.2 Å². The van der Waals surface area contributed by atoms with Crippen molar-refractivity contribution in [3.8, 4) is 0 Å². The van der Waals surface area contributed by atoms with Gasteiger partial charge in [-0.05, 0) is 30.5 Å². The van der Waals surface area contributed by atoms with Crippen LogP contribution in [0.1, 0.15) is 40.5 Å². The van der Waals surface area contributed by atoms with Crippen molar-refractivity contribution in [1.29, 1.82) is 0 Å². The van der Waals surface area contributed by atoms with E-state index in [1.165, 1.54) is 0 Å². The molecule has 27 heavy (non-hydrogen) atoms. The predicted octanol–water partition coefficient (Wildman–Crippen LogP) is 2.48. The van der Waals surface area contributed by atoms with Crippen LogP contribution < -0.4 is 10.3 Å². The van der Waals surface area contributed by atoms with Gasteiger partial charge in [0.05, 0.1) is 23.8 Å². The van der Waals surface area contributed by atoms with Crippen molar-refractivity contribution in [2.24, 2.45) is 0 Å². The highest BCUT2D eigenvalue weighted by Crippen LogP contribution is 2.42. The molecular weight excluding hydrogens is 351 g/mol. The Bertz CT molecular complexity index is 1140. The molecule has 5 rings (SSSR count). The topological polar surface area (TPSA) is 88.3 Å². The summed E-state index contributed by atoms with van der Waals surface area (Å²) in [5.74, 6) is -1.65. The van der Waals surface area contributed by atoms with Gasteiger partial charge < -0.3 is 14.6 Å². The molecule has 136 valence electrons. The highest BCUT2D eigenvalue weighted by atomic mass is 19.1. The Hall–Kier alpha value is -3.29. The van der Waals surface area contributed by atoms with Gasteiger partial charge in [0, 0.05) is 18.8 Å². The molecule has 3 aromatic rings. The van der Waals surface area contributed by atoms with Crippen molar-refractivity contribution in [1.82, 2.24) is 14.5 Å². The molecule has 0 bridgehead atoms. The van der Waals surface area contributed by atoms with Gasteiger partial charge in [0.25, 0.3) is 0 Å². The number of fused-ring (bicyclic) bond motifs is 2. The van der Waals surface area contributed by atoms with Crippen LogP contribution in [-0.4, -0.2) is 25.6 Å². The third-order valence-electron chi connectivity index (χ3n) is 5.10. The van der Waals surface area contributed by atoms with Crippen LogP contribution in [0.5, 0.6) is 0 Å². The van der Waals surface area contributed by atoms with E-state index in [1.54, 1.807) is 10.8 Å². The number of carboxylic acids is 1. The van der Waals surface area contributed by atoms with Gasteiger partial charge in [0.2, 0.25) is 5.43 Å². The van der Waals surface area contributed by atoms with Gasteiger partial charge in [0.1, 0.15) is 22.8 Å². The Kier molecular flexibility index (Phi) is 3.30. The molecule has 1 aliphatic carbocycles. The van der Waals surface area contributed by atoms with Gasteiger partial charge >= 0.3 is 5.97 Å². The number of hydrogen-bond acceptors (Lipinski definition) is 5. The van der Waals surface area contributed by atoms with Crippen LogP contribution in [0, 0.1) is 5.82 Å². The maximum absolute atomic E-state index is 13.7. The van der Waals surface area contributed by atoms with E-state index in [9.17, 15) is 19.1 Å². The Morgan fingerprint density at radius 3 is 2.78 bits per heavy atom. The first-order chi connectivity index (χ1) is 13.0. The number of aromatic nitrogens is 3. The second kappa shape index (κ2) is 5.60. The summed E-state index contributed by atoms with van der Waals surface area (Å²) in [7, 11) is 0. The van der Waals surface area contributed by atoms with E-state index >= 15 is 0 Å². The van der Waals surface area contributed by atoms with Crippen molar-refractivity contribution in [3.63, 3.8) is 0 Å². The van der Waals surface area contributed by atoms with E-state index in [0.29, 0.717) is 24.6 Å². The first-order valence-corrected chi connectivity index (χ1v) is 8.69. The van der Waals surface area contributed by atoms with Gasteiger partial charge in [-0.3, -0.25) is 9.78 Å². The Labute approximate surface area is 152 Å². The zero-order valence-corrected chi connectivity index (χ0v) is 14.2. The van der Waals surface area contributed by atoms with Crippen LogP contribution in [0.3, 0.4) is 0 Å². The summed E-state index contributed by atoms with van der Waals surface area (Å²) >= 11 is 0. The lowest BCUT2D eigenvalue weighted by Gasteiger charge is -2.26. The third-order valence-corrected chi connectivity index (χ3v) is 5.10. The van der Waals surface area contributed by atoms with Crippen molar-refractivity contribution in [2.75, 3.05) is 4.90 Å². The maximum Gasteiger partial charge on any atom is 0.343 e. The SMILES string of the molecule is O=C(O)c1c(N2Cc3cccnc3C2)n(C2CC2)c2ncc(F)cc2c1=O. The minimum Gasteiger partial charge on any atom is -0.477 e. The van der Waals surface area contributed by atoms with E-state index in [0.717, 1.165) is 36.4 Å². The number of anilines is 1. The Morgan fingerprint density at radius 2 is 2.07 bits per heavy atom. The van der Waals surface area contributed by atoms with E-state index in [4.69, 9.17) is 0 Å². The molecular formula is C19H15FN4O3. The zero-order chi connectivity index (χ0) is 18.7. The summed E-state index contributed by atoms with van der Waals surface area (Å²) in [6.07, 6.45) is 4.48. The van der Waals surface area contributed by atoms with E-state index in [2.05, 4.69) is 9.97 Å². The quantitative estimate of drug-likeness (QED) is 0.766. The van der Waals surface area contributed by atoms with Crippen LogP contribution >= 0.6 is 0 Å². The fourth-order valence-electron chi connectivity index (χ4n) is 3.78. The average molecular weight is 366 g/mol. The highest BCUT2D eigenvalue weighted by Gasteiger charge is 2.36. The summed E-state index contributed by atoms with van der Waals surface area (Å²) in [4.78, 5) is 35.3. The molecule has 1 aliphatic heterocycles. The largest absolute Gasteiger partial charge is 0.477 e. The molecule has 0 amide bonds. The number of nitrogens with zero attached hydrogens (tertiary/aromatic N) is 4. The Balaban J connectivity index is 1.82. The molecule has 0 saturated heterocycles. The molecule has 0 aromatic carbocycles. The maximum atomic E-state index is 13.7. The van der Waals surface area contributed by atoms with Crippen LogP contribution in [0.25, 0.3) is 11.0 Å². The van der Waals surface area contributed by atoms with Crippen LogP contribution in [0.4, 0.5) is 10.2 Å². The summed E-state index contributed by atoms with van der Waals surface area (Å²) < 4.78 is 15.5. The molecule has 0 spiro atoms. The fourth-order valence-corrected chi connectivity index (χ4v) is 3.78.